The van der Waals surface area contributed by atoms with Crippen LogP contribution in [0.2, 0.25) is 0 Å². The van der Waals surface area contributed by atoms with Crippen LogP contribution in [0.1, 0.15) is 31.9 Å². The Morgan fingerprint density at radius 3 is 2.61 bits per heavy atom. The summed E-state index contributed by atoms with van der Waals surface area (Å²) in [5, 5.41) is 3.69. The number of halogens is 1. The molecule has 0 aliphatic carbocycles. The van der Waals surface area contributed by atoms with Crippen LogP contribution < -0.4 is 5.32 Å². The van der Waals surface area contributed by atoms with Gasteiger partial charge in [-0.25, -0.2) is 4.79 Å². The van der Waals surface area contributed by atoms with Crippen LogP contribution >= 0.6 is 15.9 Å². The van der Waals surface area contributed by atoms with Crippen LogP contribution in [0.5, 0.6) is 0 Å². The number of ether oxygens (including phenoxy) is 1. The predicted molar refractivity (Wildman–Crippen MR) is 77.0 cm³/mol. The fourth-order valence-corrected chi connectivity index (χ4v) is 1.95. The molecule has 1 aromatic rings. The third-order valence-corrected chi connectivity index (χ3v) is 2.61. The summed E-state index contributed by atoms with van der Waals surface area (Å²) in [5.74, 6) is 0. The Hall–Kier alpha value is -1.03. The molecule has 1 amide bonds. The van der Waals surface area contributed by atoms with Crippen molar-refractivity contribution in [1.29, 1.82) is 0 Å². The zero-order valence-corrected chi connectivity index (χ0v) is 12.7. The van der Waals surface area contributed by atoms with Crippen LogP contribution in [0.15, 0.2) is 24.3 Å². The molecule has 0 spiro atoms. The lowest BCUT2D eigenvalue weighted by Crippen LogP contribution is -2.32. The third-order valence-electron chi connectivity index (χ3n) is 2.21. The van der Waals surface area contributed by atoms with E-state index in [0.29, 0.717) is 6.54 Å². The quantitative estimate of drug-likeness (QED) is 0.862. The van der Waals surface area contributed by atoms with Crippen molar-refractivity contribution < 1.29 is 9.53 Å². The van der Waals surface area contributed by atoms with Crippen LogP contribution in [0.4, 0.5) is 4.79 Å². The van der Waals surface area contributed by atoms with E-state index in [1.54, 1.807) is 0 Å². The van der Waals surface area contributed by atoms with Crippen LogP contribution in [0.3, 0.4) is 0 Å². The van der Waals surface area contributed by atoms with E-state index in [0.717, 1.165) is 17.3 Å². The van der Waals surface area contributed by atoms with Gasteiger partial charge in [0.05, 0.1) is 0 Å². The van der Waals surface area contributed by atoms with Crippen molar-refractivity contribution in [3.05, 3.63) is 35.4 Å². The number of rotatable bonds is 4. The molecule has 4 heteroatoms. The number of carbonyl (C=O) groups is 1. The first-order valence-corrected chi connectivity index (χ1v) is 7.13. The summed E-state index contributed by atoms with van der Waals surface area (Å²) in [6.07, 6.45) is 0.605. The third kappa shape index (κ3) is 6.05. The highest BCUT2D eigenvalue weighted by Gasteiger charge is 2.15. The van der Waals surface area contributed by atoms with E-state index in [1.807, 2.05) is 32.9 Å². The summed E-state index contributed by atoms with van der Waals surface area (Å²) in [6.45, 7) is 6.04. The average Bonchev–Trinajstić information content (AvgIpc) is 2.25. The Bertz CT molecular complexity index is 399. The zero-order chi connectivity index (χ0) is 13.6. The molecule has 0 atom stereocenters. The molecule has 1 aromatic carbocycles. The number of carbonyl (C=O) groups excluding carboxylic acids is 1. The molecule has 1 N–H and O–H groups in total. The summed E-state index contributed by atoms with van der Waals surface area (Å²) >= 11 is 3.42. The smallest absolute Gasteiger partial charge is 0.407 e. The van der Waals surface area contributed by atoms with Crippen LogP contribution in [-0.2, 0) is 17.7 Å². The Labute approximate surface area is 117 Å². The minimum atomic E-state index is -0.456. The van der Waals surface area contributed by atoms with Crippen molar-refractivity contribution in [3.8, 4) is 0 Å². The number of benzene rings is 1. The fraction of sp³-hybridized carbons (Fsp3) is 0.500. The predicted octanol–water partition coefficient (Wildman–Crippen LogP) is 3.65. The topological polar surface area (TPSA) is 38.3 Å². The number of hydrogen-bond donors (Lipinski definition) is 1. The first-order chi connectivity index (χ1) is 8.40. The molecule has 0 unspecified atom stereocenters. The standard InChI is InChI=1S/C14H20BrNO2/c1-14(2,3)18-13(17)16-10-12-6-4-5-11(9-12)7-8-15/h4-6,9H,7-8,10H2,1-3H3,(H,16,17). The highest BCUT2D eigenvalue weighted by molar-refractivity contribution is 9.09. The van der Waals surface area contributed by atoms with Gasteiger partial charge in [-0.1, -0.05) is 40.2 Å². The lowest BCUT2D eigenvalue weighted by atomic mass is 10.1. The van der Waals surface area contributed by atoms with Gasteiger partial charge in [0.1, 0.15) is 5.60 Å². The minimum absolute atomic E-state index is 0.381. The number of aryl methyl sites for hydroxylation is 1. The molecule has 0 heterocycles. The lowest BCUT2D eigenvalue weighted by Gasteiger charge is -2.19. The van der Waals surface area contributed by atoms with E-state index < -0.39 is 5.60 Å². The van der Waals surface area contributed by atoms with Gasteiger partial charge in [-0.2, -0.15) is 0 Å². The van der Waals surface area contributed by atoms with E-state index in [-0.39, 0.29) is 6.09 Å². The first-order valence-electron chi connectivity index (χ1n) is 6.01. The first kappa shape index (κ1) is 15.0. The molecule has 18 heavy (non-hydrogen) atoms. The highest BCUT2D eigenvalue weighted by Crippen LogP contribution is 2.09. The van der Waals surface area contributed by atoms with Gasteiger partial charge in [0, 0.05) is 11.9 Å². The molecule has 0 saturated heterocycles. The molecule has 0 aromatic heterocycles. The Kier molecular flexibility index (Phi) is 5.66. The Morgan fingerprint density at radius 1 is 1.33 bits per heavy atom. The second kappa shape index (κ2) is 6.78. The molecule has 0 aliphatic heterocycles. The van der Waals surface area contributed by atoms with Crippen LogP contribution in [0.25, 0.3) is 0 Å². The van der Waals surface area contributed by atoms with E-state index in [2.05, 4.69) is 33.4 Å². The van der Waals surface area contributed by atoms with Crippen molar-refractivity contribution in [2.45, 2.75) is 39.3 Å². The van der Waals surface area contributed by atoms with Crippen molar-refractivity contribution >= 4 is 22.0 Å². The van der Waals surface area contributed by atoms with Gasteiger partial charge in [0.15, 0.2) is 0 Å². The minimum Gasteiger partial charge on any atom is -0.444 e. The number of alkyl carbamates (subject to hydrolysis) is 1. The summed E-state index contributed by atoms with van der Waals surface area (Å²) in [5.41, 5.74) is 1.89. The SMILES string of the molecule is CC(C)(C)OC(=O)NCc1cccc(CCBr)c1. The van der Waals surface area contributed by atoms with E-state index in [1.165, 1.54) is 5.56 Å². The summed E-state index contributed by atoms with van der Waals surface area (Å²) in [7, 11) is 0. The second-order valence-electron chi connectivity index (χ2n) is 5.11. The van der Waals surface area contributed by atoms with Gasteiger partial charge >= 0.3 is 6.09 Å². The highest BCUT2D eigenvalue weighted by atomic mass is 79.9. The van der Waals surface area contributed by atoms with E-state index >= 15 is 0 Å². The maximum absolute atomic E-state index is 11.5. The van der Waals surface area contributed by atoms with E-state index in [9.17, 15) is 4.79 Å². The molecular weight excluding hydrogens is 294 g/mol. The summed E-state index contributed by atoms with van der Waals surface area (Å²) < 4.78 is 5.18. The van der Waals surface area contributed by atoms with Crippen LogP contribution in [-0.4, -0.2) is 17.0 Å². The molecule has 100 valence electrons. The Morgan fingerprint density at radius 2 is 2.00 bits per heavy atom. The summed E-state index contributed by atoms with van der Waals surface area (Å²) in [6, 6.07) is 8.18. The lowest BCUT2D eigenvalue weighted by molar-refractivity contribution is 0.0523. The van der Waals surface area contributed by atoms with Crippen LogP contribution in [0, 0.1) is 0 Å². The number of amides is 1. The largest absolute Gasteiger partial charge is 0.444 e. The molecule has 1 rings (SSSR count). The normalized spacial score (nSPS) is 11.1. The number of alkyl halides is 1. The van der Waals surface area contributed by atoms with Gasteiger partial charge in [0.2, 0.25) is 0 Å². The average molecular weight is 314 g/mol. The van der Waals surface area contributed by atoms with Crippen molar-refractivity contribution in [2.24, 2.45) is 0 Å². The van der Waals surface area contributed by atoms with E-state index in [4.69, 9.17) is 4.74 Å². The maximum Gasteiger partial charge on any atom is 0.407 e. The number of hydrogen-bond acceptors (Lipinski definition) is 2. The van der Waals surface area contributed by atoms with Gasteiger partial charge in [-0.15, -0.1) is 0 Å². The second-order valence-corrected chi connectivity index (χ2v) is 5.91. The molecule has 0 fully saturated rings. The molecule has 0 bridgehead atoms. The zero-order valence-electron chi connectivity index (χ0n) is 11.1. The maximum atomic E-state index is 11.5. The van der Waals surface area contributed by atoms with Crippen molar-refractivity contribution in [3.63, 3.8) is 0 Å². The molecule has 0 aliphatic rings. The molecule has 3 nitrogen and oxygen atoms in total. The van der Waals surface area contributed by atoms with Crippen molar-refractivity contribution in [2.75, 3.05) is 5.33 Å². The van der Waals surface area contributed by atoms with Crippen molar-refractivity contribution in [1.82, 2.24) is 5.32 Å². The summed E-state index contributed by atoms with van der Waals surface area (Å²) in [4.78, 5) is 11.5. The fourth-order valence-electron chi connectivity index (χ4n) is 1.49. The molecule has 0 saturated carbocycles. The van der Waals surface area contributed by atoms with Gasteiger partial charge in [-0.3, -0.25) is 0 Å². The van der Waals surface area contributed by atoms with Gasteiger partial charge < -0.3 is 10.1 Å². The monoisotopic (exact) mass is 313 g/mol. The van der Waals surface area contributed by atoms with Gasteiger partial charge in [-0.05, 0) is 38.3 Å². The molecular formula is C14H20BrNO2. The Balaban J connectivity index is 2.48. The van der Waals surface area contributed by atoms with Gasteiger partial charge in [0.25, 0.3) is 0 Å². The molecule has 0 radical (unpaired) electrons. The number of nitrogens with one attached hydrogen (secondary N) is 1.